The number of anilines is 1. The first kappa shape index (κ1) is 9.39. The van der Waals surface area contributed by atoms with Gasteiger partial charge in [-0.15, -0.1) is 12.4 Å². The van der Waals surface area contributed by atoms with Gasteiger partial charge in [0.2, 0.25) is 0 Å². The van der Waals surface area contributed by atoms with Crippen molar-refractivity contribution in [2.75, 3.05) is 5.73 Å². The van der Waals surface area contributed by atoms with E-state index in [0.29, 0.717) is 0 Å². The Morgan fingerprint density at radius 2 is 2.33 bits per heavy atom. The number of nitrogens with zero attached hydrogens (tertiary/aromatic N) is 2. The Hall–Kier alpha value is -0.700. The highest BCUT2D eigenvalue weighted by molar-refractivity contribution is 5.85. The number of aromatic nitrogens is 2. The predicted molar refractivity (Wildman–Crippen MR) is 51.3 cm³/mol. The lowest BCUT2D eigenvalue weighted by Gasteiger charge is -2.01. The number of hydrogen-bond donors (Lipinski definition) is 1. The Bertz CT molecular complexity index is 265. The number of nitrogen functional groups attached to an aromatic ring is 1. The number of aryl methyl sites for hydroxylation is 1. The molecule has 0 radical (unpaired) electrons. The summed E-state index contributed by atoms with van der Waals surface area (Å²) in [5, 5.41) is 4.19. The molecule has 3 nitrogen and oxygen atoms in total. The maximum atomic E-state index is 5.78. The van der Waals surface area contributed by atoms with Crippen molar-refractivity contribution in [2.24, 2.45) is 5.92 Å². The summed E-state index contributed by atoms with van der Waals surface area (Å²) in [5.74, 6) is 1.67. The van der Waals surface area contributed by atoms with E-state index in [2.05, 4.69) is 5.10 Å². The van der Waals surface area contributed by atoms with E-state index in [4.69, 9.17) is 5.73 Å². The minimum absolute atomic E-state index is 0. The maximum absolute atomic E-state index is 5.78. The van der Waals surface area contributed by atoms with Crippen molar-refractivity contribution >= 4 is 18.2 Å². The second kappa shape index (κ2) is 3.35. The molecule has 4 heteroatoms. The Kier molecular flexibility index (Phi) is 2.62. The fourth-order valence-corrected chi connectivity index (χ4v) is 1.18. The summed E-state index contributed by atoms with van der Waals surface area (Å²) in [4.78, 5) is 0. The molecule has 2 rings (SSSR count). The van der Waals surface area contributed by atoms with E-state index in [9.17, 15) is 0 Å². The summed E-state index contributed by atoms with van der Waals surface area (Å²) >= 11 is 0. The van der Waals surface area contributed by atoms with E-state index < -0.39 is 0 Å². The summed E-state index contributed by atoms with van der Waals surface area (Å²) in [7, 11) is 0. The third-order valence-corrected chi connectivity index (χ3v) is 2.20. The predicted octanol–water partition coefficient (Wildman–Crippen LogP) is 1.61. The number of rotatable bonds is 2. The lowest BCUT2D eigenvalue weighted by Crippen LogP contribution is -2.06. The van der Waals surface area contributed by atoms with Crippen LogP contribution in [-0.4, -0.2) is 9.78 Å². The molecule has 0 saturated heterocycles. The minimum atomic E-state index is 0. The average Bonchev–Trinajstić information content (AvgIpc) is 2.74. The standard InChI is InChI=1S/C8H13N3.ClH/c1-6-4-10-11(8(6)9)5-7-2-3-7;/h4,7H,2-3,5,9H2,1H3;1H. The summed E-state index contributed by atoms with van der Waals surface area (Å²) in [5.41, 5.74) is 6.87. The molecule has 0 aromatic carbocycles. The Morgan fingerprint density at radius 3 is 2.75 bits per heavy atom. The van der Waals surface area contributed by atoms with Crippen LogP contribution in [0.25, 0.3) is 0 Å². The van der Waals surface area contributed by atoms with Crippen molar-refractivity contribution in [3.05, 3.63) is 11.8 Å². The van der Waals surface area contributed by atoms with Crippen molar-refractivity contribution in [1.29, 1.82) is 0 Å². The van der Waals surface area contributed by atoms with Crippen LogP contribution in [0.3, 0.4) is 0 Å². The molecule has 68 valence electrons. The molecule has 0 spiro atoms. The molecule has 2 N–H and O–H groups in total. The molecule has 1 aromatic heterocycles. The van der Waals surface area contributed by atoms with Gasteiger partial charge in [-0.05, 0) is 25.7 Å². The maximum Gasteiger partial charge on any atom is 0.124 e. The van der Waals surface area contributed by atoms with Gasteiger partial charge in [0.15, 0.2) is 0 Å². The van der Waals surface area contributed by atoms with Crippen molar-refractivity contribution < 1.29 is 0 Å². The SMILES string of the molecule is Cc1cnn(CC2CC2)c1N.Cl. The number of hydrogen-bond acceptors (Lipinski definition) is 2. The van der Waals surface area contributed by atoms with Gasteiger partial charge in [-0.25, -0.2) is 4.68 Å². The van der Waals surface area contributed by atoms with Gasteiger partial charge in [0.1, 0.15) is 5.82 Å². The second-order valence-corrected chi connectivity index (χ2v) is 3.34. The number of halogens is 1. The molecule has 12 heavy (non-hydrogen) atoms. The molecule has 0 bridgehead atoms. The fourth-order valence-electron chi connectivity index (χ4n) is 1.18. The van der Waals surface area contributed by atoms with Gasteiger partial charge in [-0.3, -0.25) is 0 Å². The van der Waals surface area contributed by atoms with Crippen molar-refractivity contribution in [3.63, 3.8) is 0 Å². The average molecular weight is 188 g/mol. The normalized spacial score (nSPS) is 15.8. The van der Waals surface area contributed by atoms with E-state index in [1.54, 1.807) is 0 Å². The molecule has 1 aliphatic rings. The van der Waals surface area contributed by atoms with E-state index in [1.165, 1.54) is 12.8 Å². The highest BCUT2D eigenvalue weighted by atomic mass is 35.5. The van der Waals surface area contributed by atoms with Gasteiger partial charge >= 0.3 is 0 Å². The highest BCUT2D eigenvalue weighted by Crippen LogP contribution is 2.31. The molecule has 0 aliphatic heterocycles. The Morgan fingerprint density at radius 1 is 1.67 bits per heavy atom. The zero-order valence-corrected chi connectivity index (χ0v) is 7.97. The van der Waals surface area contributed by atoms with Crippen LogP contribution < -0.4 is 5.73 Å². The molecule has 0 unspecified atom stereocenters. The van der Waals surface area contributed by atoms with Crippen LogP contribution in [-0.2, 0) is 6.54 Å². The summed E-state index contributed by atoms with van der Waals surface area (Å²) < 4.78 is 1.91. The molecule has 1 saturated carbocycles. The van der Waals surface area contributed by atoms with E-state index in [-0.39, 0.29) is 12.4 Å². The van der Waals surface area contributed by atoms with E-state index in [0.717, 1.165) is 23.8 Å². The van der Waals surface area contributed by atoms with Crippen LogP contribution in [0, 0.1) is 12.8 Å². The molecular formula is C8H14ClN3. The van der Waals surface area contributed by atoms with Crippen LogP contribution in [0.4, 0.5) is 5.82 Å². The van der Waals surface area contributed by atoms with Gasteiger partial charge in [0.05, 0.1) is 6.20 Å². The van der Waals surface area contributed by atoms with Gasteiger partial charge in [-0.1, -0.05) is 0 Å². The lowest BCUT2D eigenvalue weighted by molar-refractivity contribution is 0.570. The van der Waals surface area contributed by atoms with Gasteiger partial charge in [-0.2, -0.15) is 5.10 Å². The Balaban J connectivity index is 0.000000720. The summed E-state index contributed by atoms with van der Waals surface area (Å²) in [6, 6.07) is 0. The molecule has 1 heterocycles. The van der Waals surface area contributed by atoms with Crippen molar-refractivity contribution in [2.45, 2.75) is 26.3 Å². The molecule has 1 fully saturated rings. The molecule has 1 aliphatic carbocycles. The first-order valence-electron chi connectivity index (χ1n) is 4.05. The van der Waals surface area contributed by atoms with Crippen LogP contribution in [0.15, 0.2) is 6.20 Å². The van der Waals surface area contributed by atoms with Crippen molar-refractivity contribution in [1.82, 2.24) is 9.78 Å². The third kappa shape index (κ3) is 1.72. The van der Waals surface area contributed by atoms with E-state index in [1.807, 2.05) is 17.8 Å². The topological polar surface area (TPSA) is 43.8 Å². The van der Waals surface area contributed by atoms with Gasteiger partial charge in [0, 0.05) is 12.1 Å². The first-order chi connectivity index (χ1) is 5.27. The van der Waals surface area contributed by atoms with Crippen LogP contribution in [0.2, 0.25) is 0 Å². The monoisotopic (exact) mass is 187 g/mol. The third-order valence-electron chi connectivity index (χ3n) is 2.20. The summed E-state index contributed by atoms with van der Waals surface area (Å²) in [6.45, 7) is 3.01. The highest BCUT2D eigenvalue weighted by Gasteiger charge is 2.22. The van der Waals surface area contributed by atoms with E-state index >= 15 is 0 Å². The van der Waals surface area contributed by atoms with Crippen LogP contribution in [0.5, 0.6) is 0 Å². The van der Waals surface area contributed by atoms with Crippen LogP contribution in [0.1, 0.15) is 18.4 Å². The fraction of sp³-hybridized carbons (Fsp3) is 0.625. The molecule has 0 amide bonds. The molecular weight excluding hydrogens is 174 g/mol. The molecule has 1 aromatic rings. The van der Waals surface area contributed by atoms with Crippen molar-refractivity contribution in [3.8, 4) is 0 Å². The lowest BCUT2D eigenvalue weighted by atomic mass is 10.4. The summed E-state index contributed by atoms with van der Waals surface area (Å²) in [6.07, 6.45) is 4.52. The minimum Gasteiger partial charge on any atom is -0.384 e. The molecule has 0 atom stereocenters. The smallest absolute Gasteiger partial charge is 0.124 e. The first-order valence-corrected chi connectivity index (χ1v) is 4.05. The zero-order chi connectivity index (χ0) is 7.84. The quantitative estimate of drug-likeness (QED) is 0.765. The second-order valence-electron chi connectivity index (χ2n) is 3.34. The zero-order valence-electron chi connectivity index (χ0n) is 7.16. The number of nitrogens with two attached hydrogens (primary N) is 1. The largest absolute Gasteiger partial charge is 0.384 e. The van der Waals surface area contributed by atoms with Crippen LogP contribution >= 0.6 is 12.4 Å². The van der Waals surface area contributed by atoms with Gasteiger partial charge in [0.25, 0.3) is 0 Å². The Labute approximate surface area is 78.4 Å². The van der Waals surface area contributed by atoms with Gasteiger partial charge < -0.3 is 5.73 Å².